The molecule has 2 unspecified atom stereocenters. The van der Waals surface area contributed by atoms with E-state index in [0.717, 1.165) is 10.9 Å². The van der Waals surface area contributed by atoms with Crippen LogP contribution in [-0.4, -0.2) is 34.6 Å². The maximum Gasteiger partial charge on any atom is 0.320 e. The van der Waals surface area contributed by atoms with Crippen molar-refractivity contribution in [1.29, 1.82) is 0 Å². The molecular formula is C16H17N3O3. The molecule has 1 aromatic carbocycles. The maximum atomic E-state index is 12.1. The fourth-order valence-corrected chi connectivity index (χ4v) is 2.77. The Morgan fingerprint density at radius 2 is 2.23 bits per heavy atom. The molecule has 2 aromatic rings. The lowest BCUT2D eigenvalue weighted by Gasteiger charge is -2.10. The number of fused-ring (bicyclic) bond motifs is 1. The molecule has 6 nitrogen and oxygen atoms in total. The minimum atomic E-state index is -0.858. The quantitative estimate of drug-likeness (QED) is 0.798. The SMILES string of the molecule is O=C(CC1CNC(C(=O)O)C1)Nc1ccc2cccnc2c1. The summed E-state index contributed by atoms with van der Waals surface area (Å²) >= 11 is 0. The second-order valence-electron chi connectivity index (χ2n) is 5.56. The van der Waals surface area contributed by atoms with E-state index in [1.54, 1.807) is 6.20 Å². The summed E-state index contributed by atoms with van der Waals surface area (Å²) in [5.74, 6) is -0.906. The van der Waals surface area contributed by atoms with Crippen molar-refractivity contribution in [3.8, 4) is 0 Å². The van der Waals surface area contributed by atoms with E-state index < -0.39 is 12.0 Å². The predicted octanol–water partition coefficient (Wildman–Crippen LogP) is 1.63. The number of aliphatic carboxylic acids is 1. The van der Waals surface area contributed by atoms with E-state index in [1.165, 1.54) is 0 Å². The van der Waals surface area contributed by atoms with E-state index in [2.05, 4.69) is 15.6 Å². The van der Waals surface area contributed by atoms with Gasteiger partial charge in [-0.05, 0) is 37.1 Å². The molecule has 114 valence electrons. The van der Waals surface area contributed by atoms with Crippen LogP contribution in [0.15, 0.2) is 36.5 Å². The van der Waals surface area contributed by atoms with Crippen molar-refractivity contribution in [3.05, 3.63) is 36.5 Å². The van der Waals surface area contributed by atoms with E-state index in [0.29, 0.717) is 25.1 Å². The van der Waals surface area contributed by atoms with Crippen molar-refractivity contribution in [2.24, 2.45) is 5.92 Å². The fraction of sp³-hybridized carbons (Fsp3) is 0.312. The number of benzene rings is 1. The first-order chi connectivity index (χ1) is 10.6. The van der Waals surface area contributed by atoms with Crippen LogP contribution in [0.25, 0.3) is 10.9 Å². The van der Waals surface area contributed by atoms with Crippen LogP contribution >= 0.6 is 0 Å². The molecule has 1 saturated heterocycles. The number of hydrogen-bond donors (Lipinski definition) is 3. The molecule has 0 spiro atoms. The van der Waals surface area contributed by atoms with Crippen molar-refractivity contribution in [2.75, 3.05) is 11.9 Å². The molecule has 0 radical (unpaired) electrons. The standard InChI is InChI=1S/C16H17N3O3/c20-15(7-10-6-14(16(21)22)18-9-10)19-12-4-3-11-2-1-5-17-13(11)8-12/h1-5,8,10,14,18H,6-7,9H2,(H,19,20)(H,21,22). The van der Waals surface area contributed by atoms with Crippen molar-refractivity contribution in [3.63, 3.8) is 0 Å². The number of carbonyl (C=O) groups is 2. The fourth-order valence-electron chi connectivity index (χ4n) is 2.77. The van der Waals surface area contributed by atoms with Gasteiger partial charge in [0.05, 0.1) is 5.52 Å². The van der Waals surface area contributed by atoms with Crippen molar-refractivity contribution < 1.29 is 14.7 Å². The number of pyridine rings is 1. The molecule has 1 aromatic heterocycles. The highest BCUT2D eigenvalue weighted by atomic mass is 16.4. The number of nitrogens with one attached hydrogen (secondary N) is 2. The molecule has 6 heteroatoms. The number of carboxylic acids is 1. The highest BCUT2D eigenvalue weighted by molar-refractivity contribution is 5.93. The Morgan fingerprint density at radius 3 is 3.00 bits per heavy atom. The van der Waals surface area contributed by atoms with Crippen molar-refractivity contribution in [1.82, 2.24) is 10.3 Å². The molecule has 1 fully saturated rings. The first-order valence-electron chi connectivity index (χ1n) is 7.22. The lowest BCUT2D eigenvalue weighted by molar-refractivity contribution is -0.139. The Kier molecular flexibility index (Phi) is 4.02. The second kappa shape index (κ2) is 6.11. The third-order valence-corrected chi connectivity index (χ3v) is 3.88. The summed E-state index contributed by atoms with van der Waals surface area (Å²) in [5, 5.41) is 15.7. The highest BCUT2D eigenvalue weighted by Gasteiger charge is 2.30. The van der Waals surface area contributed by atoms with Crippen LogP contribution in [0.1, 0.15) is 12.8 Å². The molecule has 1 amide bonds. The molecule has 3 N–H and O–H groups in total. The molecule has 0 aliphatic carbocycles. The summed E-state index contributed by atoms with van der Waals surface area (Å²) in [6, 6.07) is 8.88. The Bertz CT molecular complexity index is 717. The normalized spacial score (nSPS) is 20.9. The minimum Gasteiger partial charge on any atom is -0.480 e. The van der Waals surface area contributed by atoms with Gasteiger partial charge in [-0.2, -0.15) is 0 Å². The number of anilines is 1. The van der Waals surface area contributed by atoms with E-state index >= 15 is 0 Å². The number of carbonyl (C=O) groups excluding carboxylic acids is 1. The summed E-state index contributed by atoms with van der Waals surface area (Å²) in [7, 11) is 0. The number of aromatic nitrogens is 1. The van der Waals surface area contributed by atoms with Gasteiger partial charge in [0.1, 0.15) is 6.04 Å². The average molecular weight is 299 g/mol. The van der Waals surface area contributed by atoms with Crippen molar-refractivity contribution >= 4 is 28.5 Å². The maximum absolute atomic E-state index is 12.1. The molecule has 0 bridgehead atoms. The van der Waals surface area contributed by atoms with Crippen LogP contribution in [0.3, 0.4) is 0 Å². The summed E-state index contributed by atoms with van der Waals surface area (Å²) < 4.78 is 0. The summed E-state index contributed by atoms with van der Waals surface area (Å²) in [5.41, 5.74) is 1.53. The molecule has 1 aliphatic heterocycles. The number of carboxylic acid groups (broad SMARTS) is 1. The number of amides is 1. The number of nitrogens with zero attached hydrogens (tertiary/aromatic N) is 1. The molecule has 1 aliphatic rings. The average Bonchev–Trinajstić information content (AvgIpc) is 2.95. The van der Waals surface area contributed by atoms with E-state index in [4.69, 9.17) is 5.11 Å². The van der Waals surface area contributed by atoms with E-state index in [-0.39, 0.29) is 11.8 Å². The molecular weight excluding hydrogens is 282 g/mol. The molecule has 22 heavy (non-hydrogen) atoms. The Labute approximate surface area is 127 Å². The third-order valence-electron chi connectivity index (χ3n) is 3.88. The van der Waals surface area contributed by atoms with Gasteiger partial charge in [-0.15, -0.1) is 0 Å². The van der Waals surface area contributed by atoms with Crippen LogP contribution < -0.4 is 10.6 Å². The van der Waals surface area contributed by atoms with Crippen LogP contribution in [0, 0.1) is 5.92 Å². The predicted molar refractivity (Wildman–Crippen MR) is 82.5 cm³/mol. The van der Waals surface area contributed by atoms with Gasteiger partial charge in [0.25, 0.3) is 0 Å². The number of rotatable bonds is 4. The lowest BCUT2D eigenvalue weighted by atomic mass is 10.0. The Hall–Kier alpha value is -2.47. The van der Waals surface area contributed by atoms with E-state index in [1.807, 2.05) is 30.3 Å². The molecule has 0 saturated carbocycles. The molecule has 2 heterocycles. The Balaban J connectivity index is 1.60. The van der Waals surface area contributed by atoms with Gasteiger partial charge < -0.3 is 15.7 Å². The van der Waals surface area contributed by atoms with Gasteiger partial charge in [-0.3, -0.25) is 14.6 Å². The highest BCUT2D eigenvalue weighted by Crippen LogP contribution is 2.20. The second-order valence-corrected chi connectivity index (χ2v) is 5.56. The third kappa shape index (κ3) is 3.23. The van der Waals surface area contributed by atoms with Crippen LogP contribution in [0.5, 0.6) is 0 Å². The smallest absolute Gasteiger partial charge is 0.320 e. The summed E-state index contributed by atoms with van der Waals surface area (Å²) in [4.78, 5) is 27.2. The molecule has 3 rings (SSSR count). The van der Waals surface area contributed by atoms with E-state index in [9.17, 15) is 9.59 Å². The molecule has 2 atom stereocenters. The first kappa shape index (κ1) is 14.5. The first-order valence-corrected chi connectivity index (χ1v) is 7.22. The van der Waals surface area contributed by atoms with Crippen LogP contribution in [-0.2, 0) is 9.59 Å². The van der Waals surface area contributed by atoms with Gasteiger partial charge in [0.2, 0.25) is 5.91 Å². The van der Waals surface area contributed by atoms with Gasteiger partial charge in [-0.1, -0.05) is 12.1 Å². The van der Waals surface area contributed by atoms with Crippen LogP contribution in [0.4, 0.5) is 5.69 Å². The zero-order valence-electron chi connectivity index (χ0n) is 12.0. The lowest BCUT2D eigenvalue weighted by Crippen LogP contribution is -2.29. The number of hydrogen-bond acceptors (Lipinski definition) is 4. The Morgan fingerprint density at radius 1 is 1.36 bits per heavy atom. The van der Waals surface area contributed by atoms with Gasteiger partial charge in [0, 0.05) is 23.7 Å². The monoisotopic (exact) mass is 299 g/mol. The van der Waals surface area contributed by atoms with Crippen LogP contribution in [0.2, 0.25) is 0 Å². The van der Waals surface area contributed by atoms with Crippen molar-refractivity contribution in [2.45, 2.75) is 18.9 Å². The largest absolute Gasteiger partial charge is 0.480 e. The summed E-state index contributed by atoms with van der Waals surface area (Å²) in [6.07, 6.45) is 2.52. The summed E-state index contributed by atoms with van der Waals surface area (Å²) in [6.45, 7) is 0.559. The van der Waals surface area contributed by atoms with Gasteiger partial charge >= 0.3 is 5.97 Å². The van der Waals surface area contributed by atoms with Gasteiger partial charge in [0.15, 0.2) is 0 Å². The van der Waals surface area contributed by atoms with Gasteiger partial charge in [-0.25, -0.2) is 0 Å². The zero-order valence-corrected chi connectivity index (χ0v) is 12.0. The zero-order chi connectivity index (χ0) is 15.5. The topological polar surface area (TPSA) is 91.3 Å². The minimum absolute atomic E-state index is 0.0553.